The third-order valence-electron chi connectivity index (χ3n) is 12.6. The summed E-state index contributed by atoms with van der Waals surface area (Å²) < 4.78 is 59.8. The van der Waals surface area contributed by atoms with Gasteiger partial charge in [0.15, 0.2) is 5.82 Å². The molecule has 1 unspecified atom stereocenters. The van der Waals surface area contributed by atoms with Crippen molar-refractivity contribution in [2.45, 2.75) is 57.3 Å². The van der Waals surface area contributed by atoms with Crippen LogP contribution in [0.15, 0.2) is 71.0 Å². The van der Waals surface area contributed by atoms with Crippen molar-refractivity contribution in [3.8, 4) is 0 Å². The minimum Gasteiger partial charge on any atom is -0.345 e. The van der Waals surface area contributed by atoms with Gasteiger partial charge in [0.05, 0.1) is 23.7 Å². The molecule has 336 valence electrons. The predicted molar refractivity (Wildman–Crippen MR) is 238 cm³/mol. The molecular formula is C45H50F2N10O6S. The van der Waals surface area contributed by atoms with Crippen LogP contribution < -0.4 is 10.0 Å². The summed E-state index contributed by atoms with van der Waals surface area (Å²) in [5, 5.41) is 2.73. The number of aliphatic imine (C=N–C) groups is 2. The SMILES string of the molecule is C=NC(=N/C=C(\C)c1cnc2[nH]cc(C(=O)c3c(F)ccc(NS(=O)(=O)N4CCCC4)c3F)c2c1)N1CCN(C(=O)CN2CCC(c3ccc(C4CCC(=O)NC4=O)cc3)CC2)CC1. The highest BCUT2D eigenvalue weighted by Crippen LogP contribution is 2.32. The van der Waals surface area contributed by atoms with Crippen LogP contribution >= 0.6 is 0 Å². The predicted octanol–water partition coefficient (Wildman–Crippen LogP) is 4.79. The summed E-state index contributed by atoms with van der Waals surface area (Å²) in [6.07, 6.45) is 8.52. The summed E-state index contributed by atoms with van der Waals surface area (Å²) in [5.41, 5.74) is 2.17. The highest BCUT2D eigenvalue weighted by Gasteiger charge is 2.32. The molecule has 4 fully saturated rings. The molecule has 64 heavy (non-hydrogen) atoms. The Morgan fingerprint density at radius 2 is 1.62 bits per heavy atom. The molecule has 6 heterocycles. The third-order valence-corrected chi connectivity index (χ3v) is 14.1. The number of fused-ring (bicyclic) bond motifs is 1. The molecule has 8 rings (SSSR count). The lowest BCUT2D eigenvalue weighted by Gasteiger charge is -2.37. The first-order chi connectivity index (χ1) is 30.8. The molecule has 2 aromatic heterocycles. The Kier molecular flexibility index (Phi) is 13.1. The fraction of sp³-hybridized carbons (Fsp3) is 0.400. The monoisotopic (exact) mass is 896 g/mol. The zero-order valence-electron chi connectivity index (χ0n) is 35.5. The van der Waals surface area contributed by atoms with E-state index in [0.29, 0.717) is 92.5 Å². The highest BCUT2D eigenvalue weighted by molar-refractivity contribution is 7.90. The van der Waals surface area contributed by atoms with Crippen molar-refractivity contribution in [3.63, 3.8) is 0 Å². The van der Waals surface area contributed by atoms with E-state index in [1.54, 1.807) is 25.4 Å². The molecule has 4 aliphatic heterocycles. The Labute approximate surface area is 369 Å². The van der Waals surface area contributed by atoms with Gasteiger partial charge in [-0.2, -0.15) is 12.7 Å². The lowest BCUT2D eigenvalue weighted by atomic mass is 9.86. The number of likely N-dealkylation sites (tertiary alicyclic amines) is 1. The van der Waals surface area contributed by atoms with Crippen LogP contribution in [0.2, 0.25) is 0 Å². The van der Waals surface area contributed by atoms with Crippen LogP contribution in [0.25, 0.3) is 16.6 Å². The van der Waals surface area contributed by atoms with E-state index in [-0.39, 0.29) is 42.3 Å². The normalized spacial score (nSPS) is 19.9. The molecule has 2 aromatic carbocycles. The maximum Gasteiger partial charge on any atom is 0.301 e. The fourth-order valence-electron chi connectivity index (χ4n) is 8.85. The quantitative estimate of drug-likeness (QED) is 0.0823. The number of pyridine rings is 1. The van der Waals surface area contributed by atoms with Crippen molar-refractivity contribution in [2.24, 2.45) is 9.98 Å². The molecule has 3 amide bonds. The zero-order chi connectivity index (χ0) is 45.1. The van der Waals surface area contributed by atoms with Crippen molar-refractivity contribution in [1.82, 2.24) is 34.3 Å². The van der Waals surface area contributed by atoms with Crippen LogP contribution in [0.5, 0.6) is 0 Å². The minimum atomic E-state index is -4.11. The van der Waals surface area contributed by atoms with Gasteiger partial charge in [0.1, 0.15) is 11.5 Å². The number of aromatic nitrogens is 2. The standard InChI is InChI=1S/C45H50F2N10O6S/c1-28(32-23-34-35(26-50-43(34)49-25-32)42(60)40-36(46)10-11-37(41(40)47)53-64(62,63)57-15-3-4-16-57)24-51-45(48-2)56-21-19-55(20-22-56)39(59)27-54-17-13-30(14-18-54)29-5-7-31(8-6-29)33-9-12-38(58)52-44(33)61/h5-8,10-11,23-26,30,33,53H,2-4,9,12-22,27H2,1H3,(H,49,50)(H,52,58,61)/b28-24+,51-45?. The first-order valence-electron chi connectivity index (χ1n) is 21.5. The van der Waals surface area contributed by atoms with Crippen LogP contribution in [-0.2, 0) is 24.6 Å². The van der Waals surface area contributed by atoms with Crippen LogP contribution in [0.3, 0.4) is 0 Å². The summed E-state index contributed by atoms with van der Waals surface area (Å²) in [7, 11) is -4.11. The maximum absolute atomic E-state index is 15.7. The number of benzene rings is 2. The van der Waals surface area contributed by atoms with Gasteiger partial charge in [-0.05, 0) is 105 Å². The van der Waals surface area contributed by atoms with Crippen LogP contribution in [0, 0.1) is 11.6 Å². The third kappa shape index (κ3) is 9.51. The van der Waals surface area contributed by atoms with E-state index in [0.717, 1.165) is 43.6 Å². The number of carbonyl (C=O) groups excluding carboxylic acids is 4. The smallest absolute Gasteiger partial charge is 0.301 e. The number of piperazine rings is 1. The number of aromatic amines is 1. The Bertz CT molecular complexity index is 2650. The summed E-state index contributed by atoms with van der Waals surface area (Å²) in [4.78, 5) is 72.9. The number of halogens is 2. The number of hydrogen-bond donors (Lipinski definition) is 3. The van der Waals surface area contributed by atoms with Gasteiger partial charge in [0.25, 0.3) is 0 Å². The second-order valence-electron chi connectivity index (χ2n) is 16.6. The van der Waals surface area contributed by atoms with E-state index in [1.807, 2.05) is 21.9 Å². The number of nitrogens with zero attached hydrogens (tertiary/aromatic N) is 7. The summed E-state index contributed by atoms with van der Waals surface area (Å²) in [6, 6.07) is 11.6. The second-order valence-corrected chi connectivity index (χ2v) is 18.3. The Balaban J connectivity index is 0.852. The van der Waals surface area contributed by atoms with Crippen LogP contribution in [0.4, 0.5) is 14.5 Å². The number of guanidine groups is 1. The topological polar surface area (TPSA) is 193 Å². The molecule has 19 heteroatoms. The highest BCUT2D eigenvalue weighted by atomic mass is 32.2. The molecule has 4 saturated heterocycles. The molecule has 4 aliphatic rings. The van der Waals surface area contributed by atoms with Crippen molar-refractivity contribution < 1.29 is 36.4 Å². The second kappa shape index (κ2) is 18.9. The van der Waals surface area contributed by atoms with Gasteiger partial charge in [-0.3, -0.25) is 34.1 Å². The van der Waals surface area contributed by atoms with Crippen LogP contribution in [0.1, 0.15) is 89.9 Å². The number of anilines is 1. The van der Waals surface area contributed by atoms with Crippen LogP contribution in [-0.4, -0.2) is 132 Å². The van der Waals surface area contributed by atoms with Crippen molar-refractivity contribution in [3.05, 3.63) is 101 Å². The maximum atomic E-state index is 15.7. The molecule has 3 N–H and O–H groups in total. The number of carbonyl (C=O) groups is 4. The molecule has 0 saturated carbocycles. The molecule has 0 bridgehead atoms. The first kappa shape index (κ1) is 44.4. The molecule has 0 radical (unpaired) electrons. The average Bonchev–Trinajstić information content (AvgIpc) is 4.00. The van der Waals surface area contributed by atoms with Crippen molar-refractivity contribution >= 4 is 68.7 Å². The lowest BCUT2D eigenvalue weighted by Crippen LogP contribution is -2.52. The largest absolute Gasteiger partial charge is 0.345 e. The minimum absolute atomic E-state index is 0.0565. The van der Waals surface area contributed by atoms with Gasteiger partial charge in [-0.15, -0.1) is 0 Å². The van der Waals surface area contributed by atoms with Gasteiger partial charge < -0.3 is 14.8 Å². The Hall–Kier alpha value is -6.18. The summed E-state index contributed by atoms with van der Waals surface area (Å²) in [5.74, 6) is -3.41. The number of hydrogen-bond acceptors (Lipinski definition) is 9. The van der Waals surface area contributed by atoms with E-state index in [1.165, 1.54) is 16.1 Å². The summed E-state index contributed by atoms with van der Waals surface area (Å²) >= 11 is 0. The number of allylic oxidation sites excluding steroid dienone is 1. The van der Waals surface area contributed by atoms with Gasteiger partial charge in [0.2, 0.25) is 29.5 Å². The molecule has 16 nitrogen and oxygen atoms in total. The van der Waals surface area contributed by atoms with Crippen molar-refractivity contribution in [2.75, 3.05) is 63.6 Å². The van der Waals surface area contributed by atoms with E-state index in [4.69, 9.17) is 0 Å². The van der Waals surface area contributed by atoms with Gasteiger partial charge in [-0.25, -0.2) is 23.7 Å². The average molecular weight is 897 g/mol. The van der Waals surface area contributed by atoms with E-state index < -0.39 is 38.9 Å². The van der Waals surface area contributed by atoms with Gasteiger partial charge >= 0.3 is 10.2 Å². The Morgan fingerprint density at radius 3 is 2.31 bits per heavy atom. The summed E-state index contributed by atoms with van der Waals surface area (Å²) in [6.45, 7) is 9.98. The number of rotatable bonds is 11. The number of piperidine rings is 2. The number of ketones is 1. The molecular weight excluding hydrogens is 847 g/mol. The molecule has 0 spiro atoms. The van der Waals surface area contributed by atoms with E-state index in [2.05, 4.69) is 53.7 Å². The van der Waals surface area contributed by atoms with Gasteiger partial charge in [-0.1, -0.05) is 24.3 Å². The number of H-pyrrole nitrogens is 1. The number of imide groups is 1. The zero-order valence-corrected chi connectivity index (χ0v) is 36.3. The molecule has 0 aliphatic carbocycles. The van der Waals surface area contributed by atoms with E-state index >= 15 is 8.78 Å². The van der Waals surface area contributed by atoms with Gasteiger partial charge in [0, 0.05) is 75.2 Å². The number of amides is 3. The fourth-order valence-corrected chi connectivity index (χ4v) is 10.2. The molecule has 1 atom stereocenters. The number of nitrogens with one attached hydrogen (secondary N) is 3. The Morgan fingerprint density at radius 1 is 0.938 bits per heavy atom. The van der Waals surface area contributed by atoms with E-state index in [9.17, 15) is 27.6 Å². The van der Waals surface area contributed by atoms with Crippen molar-refractivity contribution in [1.29, 1.82) is 0 Å². The molecule has 4 aromatic rings. The first-order valence-corrected chi connectivity index (χ1v) is 22.9. The lowest BCUT2D eigenvalue weighted by molar-refractivity contribution is -0.135.